The Labute approximate surface area is 211 Å². The van der Waals surface area contributed by atoms with Crippen molar-refractivity contribution in [2.45, 2.75) is 53.0 Å². The first-order valence-corrected chi connectivity index (χ1v) is 12.6. The van der Waals surface area contributed by atoms with E-state index in [1.165, 1.54) is 0 Å². The number of nitrogens with zero attached hydrogens (tertiary/aromatic N) is 7. The van der Waals surface area contributed by atoms with E-state index in [1.807, 2.05) is 62.2 Å². The molecule has 0 unspecified atom stereocenters. The molecule has 0 bridgehead atoms. The van der Waals surface area contributed by atoms with Crippen LogP contribution >= 0.6 is 0 Å². The van der Waals surface area contributed by atoms with Crippen molar-refractivity contribution in [3.8, 4) is 11.3 Å². The molecule has 1 aliphatic heterocycles. The van der Waals surface area contributed by atoms with Crippen molar-refractivity contribution < 1.29 is 4.79 Å². The Hall–Kier alpha value is -3.88. The second kappa shape index (κ2) is 10.0. The molecular formula is C27H32N8O. The van der Waals surface area contributed by atoms with Gasteiger partial charge in [-0.1, -0.05) is 12.1 Å². The maximum atomic E-state index is 12.4. The van der Waals surface area contributed by atoms with Gasteiger partial charge in [-0.2, -0.15) is 0 Å². The van der Waals surface area contributed by atoms with Crippen molar-refractivity contribution in [1.29, 1.82) is 0 Å². The number of benzene rings is 1. The van der Waals surface area contributed by atoms with Gasteiger partial charge in [0.15, 0.2) is 0 Å². The molecule has 186 valence electrons. The van der Waals surface area contributed by atoms with E-state index in [4.69, 9.17) is 4.98 Å². The Morgan fingerprint density at radius 2 is 1.69 bits per heavy atom. The summed E-state index contributed by atoms with van der Waals surface area (Å²) in [6.07, 6.45) is 8.53. The van der Waals surface area contributed by atoms with Gasteiger partial charge in [0.25, 0.3) is 5.91 Å². The Morgan fingerprint density at radius 3 is 2.33 bits per heavy atom. The summed E-state index contributed by atoms with van der Waals surface area (Å²) in [5, 5.41) is 11.8. The third-order valence-corrected chi connectivity index (χ3v) is 6.94. The van der Waals surface area contributed by atoms with E-state index in [0.29, 0.717) is 6.54 Å². The van der Waals surface area contributed by atoms with Crippen LogP contribution in [0.5, 0.6) is 0 Å². The molecule has 0 spiro atoms. The number of piperidine rings is 1. The van der Waals surface area contributed by atoms with E-state index < -0.39 is 0 Å². The lowest BCUT2D eigenvalue weighted by atomic mass is 9.97. The van der Waals surface area contributed by atoms with E-state index in [-0.39, 0.29) is 11.9 Å². The van der Waals surface area contributed by atoms with Gasteiger partial charge in [0.2, 0.25) is 5.95 Å². The molecule has 1 aliphatic rings. The van der Waals surface area contributed by atoms with Crippen LogP contribution in [0.15, 0.2) is 36.8 Å². The minimum atomic E-state index is -0.0408. The van der Waals surface area contributed by atoms with Gasteiger partial charge in [0.1, 0.15) is 11.0 Å². The highest BCUT2D eigenvalue weighted by Gasteiger charge is 2.25. The van der Waals surface area contributed by atoms with Gasteiger partial charge in [0, 0.05) is 43.2 Å². The predicted octanol–water partition coefficient (Wildman–Crippen LogP) is 4.05. The van der Waals surface area contributed by atoms with Crippen LogP contribution < -0.4 is 10.2 Å². The number of carbonyl (C=O) groups is 1. The number of aryl methyl sites for hydroxylation is 3. The minimum absolute atomic E-state index is 0.0408. The smallest absolute Gasteiger partial charge is 0.251 e. The molecule has 5 rings (SSSR count). The van der Waals surface area contributed by atoms with Crippen molar-refractivity contribution in [3.05, 3.63) is 59.0 Å². The number of carbonyl (C=O) groups excluding carboxylic acids is 1. The summed E-state index contributed by atoms with van der Waals surface area (Å²) in [5.74, 6) is 0.755. The van der Waals surface area contributed by atoms with Crippen LogP contribution in [0.1, 0.15) is 59.8 Å². The average molecular weight is 485 g/mol. The molecule has 36 heavy (non-hydrogen) atoms. The van der Waals surface area contributed by atoms with Crippen LogP contribution in [0, 0.1) is 13.8 Å². The van der Waals surface area contributed by atoms with Crippen molar-refractivity contribution in [1.82, 2.24) is 35.3 Å². The number of rotatable bonds is 6. The van der Waals surface area contributed by atoms with Gasteiger partial charge in [-0.3, -0.25) is 9.78 Å². The zero-order chi connectivity index (χ0) is 25.2. The van der Waals surface area contributed by atoms with Gasteiger partial charge in [0.05, 0.1) is 17.9 Å². The lowest BCUT2D eigenvalue weighted by molar-refractivity contribution is 0.0954. The largest absolute Gasteiger partial charge is 0.352 e. The quantitative estimate of drug-likeness (QED) is 0.440. The van der Waals surface area contributed by atoms with Crippen LogP contribution in [0.4, 0.5) is 5.95 Å². The van der Waals surface area contributed by atoms with Crippen molar-refractivity contribution >= 4 is 22.9 Å². The van der Waals surface area contributed by atoms with Gasteiger partial charge in [-0.15, -0.1) is 5.10 Å². The van der Waals surface area contributed by atoms with Gasteiger partial charge in [-0.25, -0.2) is 14.6 Å². The molecule has 0 aliphatic carbocycles. The number of nitrogens with one attached hydrogen (secondary N) is 1. The van der Waals surface area contributed by atoms with E-state index >= 15 is 0 Å². The Balaban J connectivity index is 1.34. The van der Waals surface area contributed by atoms with Gasteiger partial charge >= 0.3 is 0 Å². The normalized spacial score (nSPS) is 14.4. The Morgan fingerprint density at radius 1 is 1.00 bits per heavy atom. The summed E-state index contributed by atoms with van der Waals surface area (Å²) in [6, 6.07) is 6.27. The number of amides is 1. The standard InChI is InChI=1S/C27H32N8O/c1-5-19-14-30-27(31-15-19)34-9-7-21(8-10-34)35-24-16-29-22(13-23(24)32-33-35)20-11-17(3)25(18(4)12-20)26(36)28-6-2/h11-16,21H,5-10H2,1-4H3,(H,28,36). The van der Waals surface area contributed by atoms with Crippen LogP contribution in [-0.4, -0.2) is 55.5 Å². The van der Waals surface area contributed by atoms with Crippen molar-refractivity contribution in [2.75, 3.05) is 24.5 Å². The summed E-state index contributed by atoms with van der Waals surface area (Å²) < 4.78 is 2.01. The first-order valence-electron chi connectivity index (χ1n) is 12.6. The van der Waals surface area contributed by atoms with Gasteiger partial charge < -0.3 is 10.2 Å². The number of hydrogen-bond donors (Lipinski definition) is 1. The van der Waals surface area contributed by atoms with Crippen molar-refractivity contribution in [2.24, 2.45) is 0 Å². The van der Waals surface area contributed by atoms with Crippen molar-refractivity contribution in [3.63, 3.8) is 0 Å². The number of aromatic nitrogens is 6. The Kier molecular flexibility index (Phi) is 6.63. The fourth-order valence-electron chi connectivity index (χ4n) is 4.99. The minimum Gasteiger partial charge on any atom is -0.352 e. The maximum Gasteiger partial charge on any atom is 0.251 e. The predicted molar refractivity (Wildman–Crippen MR) is 140 cm³/mol. The molecule has 1 amide bonds. The summed E-state index contributed by atoms with van der Waals surface area (Å²) in [6.45, 7) is 10.3. The molecule has 0 atom stereocenters. The zero-order valence-electron chi connectivity index (χ0n) is 21.3. The first kappa shape index (κ1) is 23.8. The molecule has 3 aromatic heterocycles. The molecule has 0 saturated carbocycles. The Bertz CT molecular complexity index is 1360. The van der Waals surface area contributed by atoms with Crippen LogP contribution in [0.3, 0.4) is 0 Å². The fourth-order valence-corrected chi connectivity index (χ4v) is 4.99. The SMILES string of the molecule is CCNC(=O)c1c(C)cc(-c2cc3nnn(C4CCN(c5ncc(CC)cn5)CC4)c3cn2)cc1C. The summed E-state index contributed by atoms with van der Waals surface area (Å²) in [4.78, 5) is 28.5. The highest BCUT2D eigenvalue weighted by molar-refractivity contribution is 5.97. The number of pyridine rings is 1. The van der Waals surface area contributed by atoms with Crippen LogP contribution in [0.2, 0.25) is 0 Å². The first-order chi connectivity index (χ1) is 17.5. The maximum absolute atomic E-state index is 12.4. The molecule has 0 radical (unpaired) electrons. The summed E-state index contributed by atoms with van der Waals surface area (Å²) in [5.41, 5.74) is 7.30. The number of fused-ring (bicyclic) bond motifs is 1. The molecule has 4 heterocycles. The molecule has 1 N–H and O–H groups in total. The van der Waals surface area contributed by atoms with Crippen LogP contribution in [-0.2, 0) is 6.42 Å². The van der Waals surface area contributed by atoms with E-state index in [1.54, 1.807) is 0 Å². The lowest BCUT2D eigenvalue weighted by Crippen LogP contribution is -2.36. The highest BCUT2D eigenvalue weighted by Crippen LogP contribution is 2.29. The molecule has 1 saturated heterocycles. The lowest BCUT2D eigenvalue weighted by Gasteiger charge is -2.32. The molecule has 9 heteroatoms. The monoisotopic (exact) mass is 484 g/mol. The average Bonchev–Trinajstić information content (AvgIpc) is 3.32. The summed E-state index contributed by atoms with van der Waals surface area (Å²) >= 11 is 0. The number of hydrogen-bond acceptors (Lipinski definition) is 7. The van der Waals surface area contributed by atoms with E-state index in [0.717, 1.165) is 82.8 Å². The second-order valence-corrected chi connectivity index (χ2v) is 9.40. The fraction of sp³-hybridized carbons (Fsp3) is 0.407. The summed E-state index contributed by atoms with van der Waals surface area (Å²) in [7, 11) is 0. The van der Waals surface area contributed by atoms with E-state index in [2.05, 4.69) is 37.4 Å². The molecule has 1 fully saturated rings. The third-order valence-electron chi connectivity index (χ3n) is 6.94. The molecular weight excluding hydrogens is 452 g/mol. The van der Waals surface area contributed by atoms with E-state index in [9.17, 15) is 4.79 Å². The topological polar surface area (TPSA) is 102 Å². The molecule has 1 aromatic carbocycles. The molecule has 9 nitrogen and oxygen atoms in total. The van der Waals surface area contributed by atoms with Crippen LogP contribution in [0.25, 0.3) is 22.3 Å². The number of anilines is 1. The second-order valence-electron chi connectivity index (χ2n) is 9.40. The highest BCUT2D eigenvalue weighted by atomic mass is 16.1. The zero-order valence-corrected chi connectivity index (χ0v) is 21.3. The third kappa shape index (κ3) is 4.53. The van der Waals surface area contributed by atoms with Gasteiger partial charge in [-0.05, 0) is 74.9 Å². The molecule has 4 aromatic rings.